The summed E-state index contributed by atoms with van der Waals surface area (Å²) in [5, 5.41) is 11.9. The Bertz CT molecular complexity index is 561. The number of aliphatic hydroxyl groups is 1. The third kappa shape index (κ3) is 4.32. The van der Waals surface area contributed by atoms with Crippen LogP contribution < -0.4 is 5.32 Å². The van der Waals surface area contributed by atoms with Crippen molar-refractivity contribution in [3.63, 3.8) is 0 Å². The molecule has 0 saturated carbocycles. The molecular weight excluding hydrogens is 292 g/mol. The van der Waals surface area contributed by atoms with E-state index in [9.17, 15) is 14.7 Å². The zero-order valence-corrected chi connectivity index (χ0v) is 14.1. The second-order valence-corrected chi connectivity index (χ2v) is 7.08. The van der Waals surface area contributed by atoms with Gasteiger partial charge in [0, 0.05) is 12.1 Å². The molecule has 0 aromatic heterocycles. The quantitative estimate of drug-likeness (QED) is 0.888. The van der Waals surface area contributed by atoms with E-state index < -0.39 is 0 Å². The van der Waals surface area contributed by atoms with Crippen molar-refractivity contribution in [1.82, 2.24) is 10.2 Å². The number of aliphatic hydroxyl groups excluding tert-OH is 1. The van der Waals surface area contributed by atoms with Gasteiger partial charge in [-0.3, -0.25) is 9.59 Å². The summed E-state index contributed by atoms with van der Waals surface area (Å²) < 4.78 is 0. The Morgan fingerprint density at radius 1 is 1.26 bits per heavy atom. The molecule has 2 N–H and O–H groups in total. The number of nitrogens with zero attached hydrogens (tertiary/aromatic N) is 1. The van der Waals surface area contributed by atoms with Gasteiger partial charge in [-0.2, -0.15) is 0 Å². The van der Waals surface area contributed by atoms with Gasteiger partial charge >= 0.3 is 0 Å². The highest BCUT2D eigenvalue weighted by Gasteiger charge is 2.27. The highest BCUT2D eigenvalue weighted by molar-refractivity contribution is 5.96. The molecule has 0 bridgehead atoms. The predicted octanol–water partition coefficient (Wildman–Crippen LogP) is 1.70. The number of rotatable bonds is 4. The minimum Gasteiger partial charge on any atom is -0.394 e. The smallest absolute Gasteiger partial charge is 0.251 e. The van der Waals surface area contributed by atoms with E-state index in [1.165, 1.54) is 0 Å². The van der Waals surface area contributed by atoms with Gasteiger partial charge in [0.05, 0.1) is 19.2 Å². The monoisotopic (exact) mass is 318 g/mol. The van der Waals surface area contributed by atoms with E-state index in [0.29, 0.717) is 12.1 Å². The number of likely N-dealkylation sites (tertiary alicyclic amines) is 1. The SMILES string of the molecule is CC(C)(C)c1ccc(C(=O)NCC(=O)N2CCCC2CO)cc1. The Morgan fingerprint density at radius 2 is 1.91 bits per heavy atom. The molecule has 0 aliphatic carbocycles. The van der Waals surface area contributed by atoms with Crippen LogP contribution in [-0.2, 0) is 10.2 Å². The van der Waals surface area contributed by atoms with E-state index >= 15 is 0 Å². The molecule has 1 unspecified atom stereocenters. The molecule has 1 aliphatic rings. The lowest BCUT2D eigenvalue weighted by Crippen LogP contribution is -2.43. The van der Waals surface area contributed by atoms with Crippen LogP contribution in [0.25, 0.3) is 0 Å². The number of carbonyl (C=O) groups excluding carboxylic acids is 2. The average molecular weight is 318 g/mol. The molecule has 1 fully saturated rings. The standard InChI is InChI=1S/C18H26N2O3/c1-18(2,3)14-8-6-13(7-9-14)17(23)19-11-16(22)20-10-4-5-15(20)12-21/h6-9,15,21H,4-5,10-12H2,1-3H3,(H,19,23). The van der Waals surface area contributed by atoms with Crippen molar-refractivity contribution in [2.75, 3.05) is 19.7 Å². The number of benzene rings is 1. The molecule has 0 radical (unpaired) electrons. The maximum absolute atomic E-state index is 12.1. The van der Waals surface area contributed by atoms with Crippen molar-refractivity contribution >= 4 is 11.8 Å². The number of nitrogens with one attached hydrogen (secondary N) is 1. The normalized spacial score (nSPS) is 18.1. The zero-order chi connectivity index (χ0) is 17.0. The van der Waals surface area contributed by atoms with Crippen molar-refractivity contribution in [2.45, 2.75) is 45.1 Å². The van der Waals surface area contributed by atoms with Gasteiger partial charge in [-0.15, -0.1) is 0 Å². The number of carbonyl (C=O) groups is 2. The minimum atomic E-state index is -0.251. The fourth-order valence-corrected chi connectivity index (χ4v) is 2.83. The molecule has 0 spiro atoms. The lowest BCUT2D eigenvalue weighted by atomic mass is 9.87. The minimum absolute atomic E-state index is 0.0199. The Hall–Kier alpha value is -1.88. The Labute approximate surface area is 137 Å². The van der Waals surface area contributed by atoms with Crippen LogP contribution in [0.2, 0.25) is 0 Å². The highest BCUT2D eigenvalue weighted by atomic mass is 16.3. The van der Waals surface area contributed by atoms with E-state index in [0.717, 1.165) is 18.4 Å². The van der Waals surface area contributed by atoms with E-state index in [2.05, 4.69) is 26.1 Å². The van der Waals surface area contributed by atoms with Gasteiger partial charge in [0.15, 0.2) is 0 Å². The van der Waals surface area contributed by atoms with Crippen LogP contribution >= 0.6 is 0 Å². The summed E-state index contributed by atoms with van der Waals surface area (Å²) in [5.41, 5.74) is 1.75. The summed E-state index contributed by atoms with van der Waals surface area (Å²) in [6, 6.07) is 7.35. The summed E-state index contributed by atoms with van der Waals surface area (Å²) in [5.74, 6) is -0.389. The summed E-state index contributed by atoms with van der Waals surface area (Å²) in [4.78, 5) is 25.9. The van der Waals surface area contributed by atoms with Gasteiger partial charge in [-0.1, -0.05) is 32.9 Å². The van der Waals surface area contributed by atoms with Gasteiger partial charge < -0.3 is 15.3 Å². The fraction of sp³-hybridized carbons (Fsp3) is 0.556. The molecule has 1 heterocycles. The third-order valence-corrected chi connectivity index (χ3v) is 4.32. The lowest BCUT2D eigenvalue weighted by Gasteiger charge is -2.23. The summed E-state index contributed by atoms with van der Waals surface area (Å²) in [7, 11) is 0. The first kappa shape index (κ1) is 17.5. The molecule has 1 aliphatic heterocycles. The van der Waals surface area contributed by atoms with Crippen LogP contribution in [-0.4, -0.2) is 47.6 Å². The molecule has 1 saturated heterocycles. The van der Waals surface area contributed by atoms with Crippen LogP contribution in [0.15, 0.2) is 24.3 Å². The van der Waals surface area contributed by atoms with E-state index in [4.69, 9.17) is 0 Å². The average Bonchev–Trinajstić information content (AvgIpc) is 3.00. The predicted molar refractivity (Wildman–Crippen MR) is 89.3 cm³/mol. The summed E-state index contributed by atoms with van der Waals surface area (Å²) >= 11 is 0. The molecule has 1 aromatic carbocycles. The third-order valence-electron chi connectivity index (χ3n) is 4.32. The van der Waals surface area contributed by atoms with E-state index in [-0.39, 0.29) is 36.4 Å². The maximum Gasteiger partial charge on any atom is 0.251 e. The Morgan fingerprint density at radius 3 is 2.48 bits per heavy atom. The second-order valence-electron chi connectivity index (χ2n) is 7.08. The molecule has 5 nitrogen and oxygen atoms in total. The molecule has 126 valence electrons. The van der Waals surface area contributed by atoms with Crippen molar-refractivity contribution in [1.29, 1.82) is 0 Å². The number of hydrogen-bond acceptors (Lipinski definition) is 3. The molecule has 2 amide bonds. The van der Waals surface area contributed by atoms with E-state index in [1.807, 2.05) is 12.1 Å². The van der Waals surface area contributed by atoms with Crippen LogP contribution in [0.3, 0.4) is 0 Å². The van der Waals surface area contributed by atoms with Crippen molar-refractivity contribution < 1.29 is 14.7 Å². The van der Waals surface area contributed by atoms with Gasteiger partial charge in [-0.05, 0) is 36.0 Å². The van der Waals surface area contributed by atoms with Crippen LogP contribution in [0.5, 0.6) is 0 Å². The van der Waals surface area contributed by atoms with Crippen molar-refractivity contribution in [3.05, 3.63) is 35.4 Å². The van der Waals surface area contributed by atoms with Crippen molar-refractivity contribution in [2.24, 2.45) is 0 Å². The summed E-state index contributed by atoms with van der Waals surface area (Å²) in [6.45, 7) is 6.96. The molecule has 1 atom stereocenters. The number of amides is 2. The zero-order valence-electron chi connectivity index (χ0n) is 14.1. The Kier molecular flexibility index (Phi) is 5.42. The first-order valence-corrected chi connectivity index (χ1v) is 8.12. The first-order chi connectivity index (χ1) is 10.8. The largest absolute Gasteiger partial charge is 0.394 e. The van der Waals surface area contributed by atoms with Crippen molar-refractivity contribution in [3.8, 4) is 0 Å². The van der Waals surface area contributed by atoms with Crippen LogP contribution in [0.4, 0.5) is 0 Å². The molecule has 1 aromatic rings. The number of hydrogen-bond donors (Lipinski definition) is 2. The topological polar surface area (TPSA) is 69.6 Å². The maximum atomic E-state index is 12.1. The molecule has 2 rings (SSSR count). The lowest BCUT2D eigenvalue weighted by molar-refractivity contribution is -0.131. The highest BCUT2D eigenvalue weighted by Crippen LogP contribution is 2.22. The van der Waals surface area contributed by atoms with Gasteiger partial charge in [-0.25, -0.2) is 0 Å². The fourth-order valence-electron chi connectivity index (χ4n) is 2.83. The van der Waals surface area contributed by atoms with Gasteiger partial charge in [0.25, 0.3) is 5.91 Å². The van der Waals surface area contributed by atoms with Crippen LogP contribution in [0, 0.1) is 0 Å². The Balaban J connectivity index is 1.91. The molecule has 23 heavy (non-hydrogen) atoms. The van der Waals surface area contributed by atoms with E-state index in [1.54, 1.807) is 17.0 Å². The summed E-state index contributed by atoms with van der Waals surface area (Å²) in [6.07, 6.45) is 1.73. The van der Waals surface area contributed by atoms with Crippen LogP contribution in [0.1, 0.15) is 49.5 Å². The molecular formula is C18H26N2O3. The first-order valence-electron chi connectivity index (χ1n) is 8.12. The molecule has 5 heteroatoms. The van der Waals surface area contributed by atoms with Gasteiger partial charge in [0.2, 0.25) is 5.91 Å². The second kappa shape index (κ2) is 7.13. The van der Waals surface area contributed by atoms with Gasteiger partial charge in [0.1, 0.15) is 0 Å².